The van der Waals surface area contributed by atoms with Gasteiger partial charge in [0.15, 0.2) is 0 Å². The van der Waals surface area contributed by atoms with Crippen molar-refractivity contribution in [2.75, 3.05) is 53.6 Å². The van der Waals surface area contributed by atoms with Crippen LogP contribution in [0.15, 0.2) is 77.9 Å². The maximum absolute atomic E-state index is 13.8. The number of methoxy groups -OCH3 is 2. The number of hydrogen-bond acceptors (Lipinski definition) is 7. The number of rotatable bonds is 10. The van der Waals surface area contributed by atoms with Crippen LogP contribution >= 0.6 is 0 Å². The Balaban J connectivity index is 1.32. The van der Waals surface area contributed by atoms with Crippen LogP contribution in [0.5, 0.6) is 17.2 Å². The van der Waals surface area contributed by atoms with Crippen molar-refractivity contribution in [2.45, 2.75) is 25.9 Å². The van der Waals surface area contributed by atoms with Gasteiger partial charge in [-0.2, -0.15) is 5.10 Å². The molecule has 2 heterocycles. The van der Waals surface area contributed by atoms with E-state index in [4.69, 9.17) is 19.3 Å². The topological polar surface area (TPSA) is 66.8 Å². The van der Waals surface area contributed by atoms with E-state index in [1.54, 1.807) is 19.2 Å². The molecule has 3 aromatic rings. The number of carbonyl (C=O) groups excluding carboxylic acids is 1. The van der Waals surface area contributed by atoms with Crippen molar-refractivity contribution in [1.29, 1.82) is 0 Å². The molecule has 2 aliphatic heterocycles. The Kier molecular flexibility index (Phi) is 8.98. The Morgan fingerprint density at radius 3 is 2.25 bits per heavy atom. The van der Waals surface area contributed by atoms with Crippen LogP contribution in [0.1, 0.15) is 36.1 Å². The van der Waals surface area contributed by atoms with E-state index in [1.807, 2.05) is 55.5 Å². The van der Waals surface area contributed by atoms with Crippen LogP contribution in [-0.2, 0) is 11.3 Å². The zero-order chi connectivity index (χ0) is 27.9. The summed E-state index contributed by atoms with van der Waals surface area (Å²) in [6, 6.07) is 24.0. The maximum atomic E-state index is 13.8. The Hall–Kier alpha value is -3.88. The molecule has 8 heteroatoms. The molecule has 0 saturated carbocycles. The average molecular weight is 543 g/mol. The summed E-state index contributed by atoms with van der Waals surface area (Å²) in [5, 5.41) is 6.56. The Morgan fingerprint density at radius 2 is 1.57 bits per heavy atom. The second-order valence-electron chi connectivity index (χ2n) is 10.1. The first-order valence-electron chi connectivity index (χ1n) is 13.9. The summed E-state index contributed by atoms with van der Waals surface area (Å²) in [5.41, 5.74) is 4.03. The summed E-state index contributed by atoms with van der Waals surface area (Å²) in [4.78, 5) is 18.4. The summed E-state index contributed by atoms with van der Waals surface area (Å²) in [6.07, 6.45) is 0.591. The molecule has 0 aliphatic carbocycles. The van der Waals surface area contributed by atoms with Gasteiger partial charge in [0.05, 0.1) is 39.1 Å². The molecular formula is C32H38N4O4. The third kappa shape index (κ3) is 6.46. The molecule has 8 nitrogen and oxygen atoms in total. The number of hydrazone groups is 1. The van der Waals surface area contributed by atoms with Crippen molar-refractivity contribution in [3.63, 3.8) is 0 Å². The van der Waals surface area contributed by atoms with E-state index >= 15 is 0 Å². The van der Waals surface area contributed by atoms with Gasteiger partial charge in [-0.25, -0.2) is 5.01 Å². The molecule has 210 valence electrons. The Labute approximate surface area is 236 Å². The lowest BCUT2D eigenvalue weighted by molar-refractivity contribution is -0.134. The first kappa shape index (κ1) is 27.7. The number of hydrogen-bond donors (Lipinski definition) is 0. The molecular weight excluding hydrogens is 504 g/mol. The molecule has 0 aromatic heterocycles. The zero-order valence-electron chi connectivity index (χ0n) is 23.6. The number of carbonyl (C=O) groups is 1. The van der Waals surface area contributed by atoms with Gasteiger partial charge in [-0.15, -0.1) is 0 Å². The van der Waals surface area contributed by atoms with Crippen LogP contribution in [0, 0.1) is 0 Å². The summed E-state index contributed by atoms with van der Waals surface area (Å²) < 4.78 is 16.7. The summed E-state index contributed by atoms with van der Waals surface area (Å²) >= 11 is 0. The van der Waals surface area contributed by atoms with Crippen molar-refractivity contribution in [3.05, 3.63) is 89.5 Å². The molecule has 0 bridgehead atoms. The molecule has 1 atom stereocenters. The van der Waals surface area contributed by atoms with Crippen molar-refractivity contribution in [1.82, 2.24) is 14.8 Å². The van der Waals surface area contributed by atoms with Gasteiger partial charge in [-0.05, 0) is 42.3 Å². The first-order valence-corrected chi connectivity index (χ1v) is 13.9. The second kappa shape index (κ2) is 13.0. The minimum atomic E-state index is -0.204. The number of amides is 1. The second-order valence-corrected chi connectivity index (χ2v) is 10.1. The highest BCUT2D eigenvalue weighted by atomic mass is 16.5. The monoisotopic (exact) mass is 542 g/mol. The van der Waals surface area contributed by atoms with Crippen molar-refractivity contribution in [2.24, 2.45) is 5.10 Å². The minimum Gasteiger partial charge on any atom is -0.497 e. The molecule has 1 fully saturated rings. The van der Waals surface area contributed by atoms with Crippen molar-refractivity contribution in [3.8, 4) is 17.2 Å². The van der Waals surface area contributed by atoms with Gasteiger partial charge in [-0.1, -0.05) is 42.5 Å². The number of piperazine rings is 1. The number of nitrogens with zero attached hydrogens (tertiary/aromatic N) is 4. The summed E-state index contributed by atoms with van der Waals surface area (Å²) in [5.74, 6) is 2.19. The highest BCUT2D eigenvalue weighted by molar-refractivity contribution is 6.05. The predicted octanol–water partition coefficient (Wildman–Crippen LogP) is 4.60. The lowest BCUT2D eigenvalue weighted by Crippen LogP contribution is -2.49. The van der Waals surface area contributed by atoms with Crippen LogP contribution < -0.4 is 14.2 Å². The van der Waals surface area contributed by atoms with Gasteiger partial charge in [-0.3, -0.25) is 14.6 Å². The lowest BCUT2D eigenvalue weighted by atomic mass is 9.97. The average Bonchev–Trinajstić information content (AvgIpc) is 3.44. The fourth-order valence-electron chi connectivity index (χ4n) is 5.36. The molecule has 0 N–H and O–H groups in total. The van der Waals surface area contributed by atoms with Crippen LogP contribution in [0.25, 0.3) is 0 Å². The first-order chi connectivity index (χ1) is 19.6. The van der Waals surface area contributed by atoms with Crippen LogP contribution in [0.4, 0.5) is 0 Å². The SMILES string of the molecule is CCOc1ccc([C@@H]2CC(c3ccc(OC)cc3OC)=NN2C(=O)CN2CCN(Cc3ccccc3)CC2)cc1. The summed E-state index contributed by atoms with van der Waals surface area (Å²) in [6.45, 7) is 7.41. The van der Waals surface area contributed by atoms with Crippen LogP contribution in [0.2, 0.25) is 0 Å². The van der Waals surface area contributed by atoms with Gasteiger partial charge in [0, 0.05) is 50.8 Å². The molecule has 5 rings (SSSR count). The fourth-order valence-corrected chi connectivity index (χ4v) is 5.36. The van der Waals surface area contributed by atoms with E-state index in [2.05, 4.69) is 34.1 Å². The van der Waals surface area contributed by atoms with Gasteiger partial charge in [0.1, 0.15) is 17.2 Å². The fraction of sp³-hybridized carbons (Fsp3) is 0.375. The van der Waals surface area contributed by atoms with E-state index in [1.165, 1.54) is 5.56 Å². The van der Waals surface area contributed by atoms with Crippen LogP contribution in [0.3, 0.4) is 0 Å². The molecule has 3 aromatic carbocycles. The van der Waals surface area contributed by atoms with Gasteiger partial charge < -0.3 is 14.2 Å². The lowest BCUT2D eigenvalue weighted by Gasteiger charge is -2.35. The molecule has 0 unspecified atom stereocenters. The molecule has 40 heavy (non-hydrogen) atoms. The molecule has 0 spiro atoms. The quantitative estimate of drug-likeness (QED) is 0.373. The van der Waals surface area contributed by atoms with E-state index < -0.39 is 0 Å². The molecule has 0 radical (unpaired) electrons. The van der Waals surface area contributed by atoms with Gasteiger partial charge >= 0.3 is 0 Å². The third-order valence-electron chi connectivity index (χ3n) is 7.53. The van der Waals surface area contributed by atoms with Crippen molar-refractivity contribution >= 4 is 11.6 Å². The standard InChI is InChI=1S/C32H38N4O4/c1-4-40-26-12-10-25(11-13-26)30-21-29(28-15-14-27(38-2)20-31(28)39-3)33-36(30)32(37)23-35-18-16-34(17-19-35)22-24-8-6-5-7-9-24/h5-15,20,30H,4,16-19,21-23H2,1-3H3/t30-/m0/s1. The number of benzene rings is 3. The zero-order valence-corrected chi connectivity index (χ0v) is 23.6. The number of ether oxygens (including phenoxy) is 3. The normalized spacial score (nSPS) is 17.9. The molecule has 1 amide bonds. The van der Waals surface area contributed by atoms with E-state index in [-0.39, 0.29) is 11.9 Å². The highest BCUT2D eigenvalue weighted by Crippen LogP contribution is 2.36. The minimum absolute atomic E-state index is 0.00197. The van der Waals surface area contributed by atoms with E-state index in [0.717, 1.165) is 55.3 Å². The smallest absolute Gasteiger partial charge is 0.257 e. The highest BCUT2D eigenvalue weighted by Gasteiger charge is 2.35. The van der Waals surface area contributed by atoms with Gasteiger partial charge in [0.2, 0.25) is 0 Å². The van der Waals surface area contributed by atoms with Crippen LogP contribution in [-0.4, -0.2) is 80.0 Å². The predicted molar refractivity (Wildman–Crippen MR) is 156 cm³/mol. The van der Waals surface area contributed by atoms with E-state index in [0.29, 0.717) is 31.1 Å². The third-order valence-corrected chi connectivity index (χ3v) is 7.53. The van der Waals surface area contributed by atoms with Gasteiger partial charge in [0.25, 0.3) is 5.91 Å². The molecule has 2 aliphatic rings. The largest absolute Gasteiger partial charge is 0.497 e. The molecule has 1 saturated heterocycles. The maximum Gasteiger partial charge on any atom is 0.257 e. The Bertz CT molecular complexity index is 1300. The van der Waals surface area contributed by atoms with E-state index in [9.17, 15) is 4.79 Å². The van der Waals surface area contributed by atoms with Crippen molar-refractivity contribution < 1.29 is 19.0 Å². The Morgan fingerprint density at radius 1 is 0.875 bits per heavy atom. The summed E-state index contributed by atoms with van der Waals surface area (Å²) in [7, 11) is 3.27.